The van der Waals surface area contributed by atoms with Crippen molar-refractivity contribution in [1.82, 2.24) is 20.3 Å². The lowest BCUT2D eigenvalue weighted by atomic mass is 10.1. The maximum atomic E-state index is 4.04. The third-order valence-electron chi connectivity index (χ3n) is 2.59. The summed E-state index contributed by atoms with van der Waals surface area (Å²) in [4.78, 5) is 0. The van der Waals surface area contributed by atoms with E-state index in [-0.39, 0.29) is 6.04 Å². The van der Waals surface area contributed by atoms with Crippen molar-refractivity contribution in [3.8, 4) is 0 Å². The molecule has 1 atom stereocenters. The fraction of sp³-hybridized carbons (Fsp3) is 0.333. The highest BCUT2D eigenvalue weighted by Gasteiger charge is 2.06. The molecule has 1 aromatic heterocycles. The first kappa shape index (κ1) is 12.3. The van der Waals surface area contributed by atoms with Crippen molar-refractivity contribution in [2.45, 2.75) is 19.5 Å². The molecular formula is C12H15BrN4. The van der Waals surface area contributed by atoms with Gasteiger partial charge >= 0.3 is 0 Å². The first-order chi connectivity index (χ1) is 8.15. The molecule has 0 spiro atoms. The summed E-state index contributed by atoms with van der Waals surface area (Å²) >= 11 is 3.48. The van der Waals surface area contributed by atoms with Crippen LogP contribution in [0.15, 0.2) is 34.9 Å². The lowest BCUT2D eigenvalue weighted by Crippen LogP contribution is -2.18. The van der Waals surface area contributed by atoms with Crippen LogP contribution in [0.3, 0.4) is 0 Å². The summed E-state index contributed by atoms with van der Waals surface area (Å²) in [6, 6.07) is 8.58. The topological polar surface area (TPSA) is 42.7 Å². The highest BCUT2D eigenvalue weighted by molar-refractivity contribution is 9.10. The molecule has 17 heavy (non-hydrogen) atoms. The fourth-order valence-electron chi connectivity index (χ4n) is 1.63. The molecule has 0 aliphatic rings. The van der Waals surface area contributed by atoms with Crippen LogP contribution < -0.4 is 5.32 Å². The van der Waals surface area contributed by atoms with Gasteiger partial charge in [-0.15, -0.1) is 5.10 Å². The summed E-state index contributed by atoms with van der Waals surface area (Å²) in [5.41, 5.74) is 2.21. The van der Waals surface area contributed by atoms with Gasteiger partial charge in [0.15, 0.2) is 0 Å². The molecule has 0 fully saturated rings. The number of hydrogen-bond donors (Lipinski definition) is 1. The van der Waals surface area contributed by atoms with Crippen molar-refractivity contribution in [2.24, 2.45) is 7.05 Å². The molecule has 2 rings (SSSR count). The van der Waals surface area contributed by atoms with E-state index < -0.39 is 0 Å². The van der Waals surface area contributed by atoms with E-state index in [1.54, 1.807) is 4.68 Å². The summed E-state index contributed by atoms with van der Waals surface area (Å²) in [7, 11) is 1.87. The number of aryl methyl sites for hydroxylation is 1. The van der Waals surface area contributed by atoms with Crippen LogP contribution >= 0.6 is 15.9 Å². The van der Waals surface area contributed by atoms with Gasteiger partial charge in [-0.1, -0.05) is 33.3 Å². The minimum absolute atomic E-state index is 0.287. The Bertz CT molecular complexity index is 495. The van der Waals surface area contributed by atoms with E-state index in [0.717, 1.165) is 16.7 Å². The molecule has 1 N–H and O–H groups in total. The van der Waals surface area contributed by atoms with Crippen LogP contribution in [0.25, 0.3) is 0 Å². The summed E-state index contributed by atoms with van der Waals surface area (Å²) < 4.78 is 2.81. The van der Waals surface area contributed by atoms with Gasteiger partial charge in [0.2, 0.25) is 0 Å². The Kier molecular flexibility index (Phi) is 3.91. The summed E-state index contributed by atoms with van der Waals surface area (Å²) in [6.07, 6.45) is 1.92. The SMILES string of the molecule is C[C@H](NCc1cn(C)nn1)c1cccc(Br)c1. The Morgan fingerprint density at radius 2 is 2.29 bits per heavy atom. The zero-order valence-corrected chi connectivity index (χ0v) is 11.5. The van der Waals surface area contributed by atoms with Crippen molar-refractivity contribution >= 4 is 15.9 Å². The molecule has 0 radical (unpaired) electrons. The first-order valence-electron chi connectivity index (χ1n) is 5.49. The first-order valence-corrected chi connectivity index (χ1v) is 6.28. The molecule has 2 aromatic rings. The average molecular weight is 295 g/mol. The van der Waals surface area contributed by atoms with Crippen molar-refractivity contribution in [2.75, 3.05) is 0 Å². The molecule has 0 aliphatic heterocycles. The molecule has 0 aliphatic carbocycles. The Morgan fingerprint density at radius 3 is 2.94 bits per heavy atom. The van der Waals surface area contributed by atoms with Gasteiger partial charge in [-0.3, -0.25) is 4.68 Å². The Labute approximate surface area is 109 Å². The number of benzene rings is 1. The molecule has 0 bridgehead atoms. The molecule has 1 aromatic carbocycles. The standard InChI is InChI=1S/C12H15BrN4/c1-9(10-4-3-5-11(13)6-10)14-7-12-8-17(2)16-15-12/h3-6,8-9,14H,7H2,1-2H3/t9-/m0/s1. The van der Waals surface area contributed by atoms with Crippen LogP contribution in [0.5, 0.6) is 0 Å². The molecule has 0 saturated heterocycles. The van der Waals surface area contributed by atoms with E-state index in [1.807, 2.05) is 25.4 Å². The number of nitrogens with one attached hydrogen (secondary N) is 1. The van der Waals surface area contributed by atoms with E-state index >= 15 is 0 Å². The van der Waals surface area contributed by atoms with Crippen molar-refractivity contribution in [3.05, 3.63) is 46.2 Å². The minimum Gasteiger partial charge on any atom is -0.304 e. The smallest absolute Gasteiger partial charge is 0.0964 e. The maximum absolute atomic E-state index is 4.04. The van der Waals surface area contributed by atoms with Crippen LogP contribution in [-0.2, 0) is 13.6 Å². The zero-order valence-electron chi connectivity index (χ0n) is 9.89. The van der Waals surface area contributed by atoms with Crippen LogP contribution in [-0.4, -0.2) is 15.0 Å². The highest BCUT2D eigenvalue weighted by atomic mass is 79.9. The summed E-state index contributed by atoms with van der Waals surface area (Å²) in [6.45, 7) is 2.86. The normalized spacial score (nSPS) is 12.6. The molecule has 5 heteroatoms. The average Bonchev–Trinajstić information content (AvgIpc) is 2.72. The molecule has 0 saturated carbocycles. The summed E-state index contributed by atoms with van der Waals surface area (Å²) in [5.74, 6) is 0. The van der Waals surface area contributed by atoms with Gasteiger partial charge in [-0.25, -0.2) is 0 Å². The van der Waals surface area contributed by atoms with Crippen molar-refractivity contribution < 1.29 is 0 Å². The molecule has 0 unspecified atom stereocenters. The van der Waals surface area contributed by atoms with Crippen LogP contribution in [0.1, 0.15) is 24.2 Å². The Hall–Kier alpha value is -1.20. The van der Waals surface area contributed by atoms with E-state index in [0.29, 0.717) is 0 Å². The lowest BCUT2D eigenvalue weighted by Gasteiger charge is -2.13. The number of halogens is 1. The van der Waals surface area contributed by atoms with Gasteiger partial charge in [0.25, 0.3) is 0 Å². The molecule has 0 amide bonds. The second kappa shape index (κ2) is 5.42. The van der Waals surface area contributed by atoms with Crippen molar-refractivity contribution in [3.63, 3.8) is 0 Å². The zero-order chi connectivity index (χ0) is 12.3. The van der Waals surface area contributed by atoms with E-state index in [1.165, 1.54) is 5.56 Å². The second-order valence-corrected chi connectivity index (χ2v) is 4.96. The predicted molar refractivity (Wildman–Crippen MR) is 70.4 cm³/mol. The van der Waals surface area contributed by atoms with Gasteiger partial charge in [0.1, 0.15) is 0 Å². The quantitative estimate of drug-likeness (QED) is 0.942. The summed E-state index contributed by atoms with van der Waals surface area (Å²) in [5, 5.41) is 11.4. The van der Waals surface area contributed by atoms with Gasteiger partial charge in [0, 0.05) is 30.3 Å². The monoisotopic (exact) mass is 294 g/mol. The minimum atomic E-state index is 0.287. The largest absolute Gasteiger partial charge is 0.304 e. The number of rotatable bonds is 4. The van der Waals surface area contributed by atoms with Crippen LogP contribution in [0.4, 0.5) is 0 Å². The number of aromatic nitrogens is 3. The Morgan fingerprint density at radius 1 is 1.47 bits per heavy atom. The van der Waals surface area contributed by atoms with Crippen LogP contribution in [0, 0.1) is 0 Å². The second-order valence-electron chi connectivity index (χ2n) is 4.04. The molecule has 1 heterocycles. The fourth-order valence-corrected chi connectivity index (χ4v) is 2.04. The molecule has 90 valence electrons. The third kappa shape index (κ3) is 3.38. The highest BCUT2D eigenvalue weighted by Crippen LogP contribution is 2.17. The number of hydrogen-bond acceptors (Lipinski definition) is 3. The molecular weight excluding hydrogens is 280 g/mol. The van der Waals surface area contributed by atoms with Crippen LogP contribution in [0.2, 0.25) is 0 Å². The van der Waals surface area contributed by atoms with Crippen molar-refractivity contribution in [1.29, 1.82) is 0 Å². The van der Waals surface area contributed by atoms with Gasteiger partial charge in [0.05, 0.1) is 5.69 Å². The third-order valence-corrected chi connectivity index (χ3v) is 3.08. The maximum Gasteiger partial charge on any atom is 0.0964 e. The lowest BCUT2D eigenvalue weighted by molar-refractivity contribution is 0.567. The Balaban J connectivity index is 1.95. The van der Waals surface area contributed by atoms with E-state index in [2.05, 4.69) is 50.6 Å². The number of nitrogens with zero attached hydrogens (tertiary/aromatic N) is 3. The van der Waals surface area contributed by atoms with Gasteiger partial charge in [-0.2, -0.15) is 0 Å². The van der Waals surface area contributed by atoms with Gasteiger partial charge in [-0.05, 0) is 24.6 Å². The van der Waals surface area contributed by atoms with E-state index in [9.17, 15) is 0 Å². The van der Waals surface area contributed by atoms with E-state index in [4.69, 9.17) is 0 Å². The predicted octanol–water partition coefficient (Wildman–Crippen LogP) is 2.43. The van der Waals surface area contributed by atoms with Gasteiger partial charge < -0.3 is 5.32 Å². The molecule has 4 nitrogen and oxygen atoms in total.